The summed E-state index contributed by atoms with van der Waals surface area (Å²) in [6.45, 7) is 0. The van der Waals surface area contributed by atoms with Crippen LogP contribution in [0, 0.1) is 0 Å². The first-order valence-corrected chi connectivity index (χ1v) is 4.91. The van der Waals surface area contributed by atoms with Crippen LogP contribution in [-0.2, 0) is 0 Å². The van der Waals surface area contributed by atoms with Crippen LogP contribution in [0.15, 0.2) is 29.1 Å². The predicted molar refractivity (Wildman–Crippen MR) is 56.8 cm³/mol. The first-order valence-electron chi connectivity index (χ1n) is 4.15. The van der Waals surface area contributed by atoms with Crippen LogP contribution in [0.5, 0.6) is 0 Å². The van der Waals surface area contributed by atoms with E-state index in [1.54, 1.807) is 18.2 Å². The summed E-state index contributed by atoms with van der Waals surface area (Å²) < 4.78 is 4.61. The molecule has 0 aliphatic heterocycles. The molecule has 0 spiro atoms. The van der Waals surface area contributed by atoms with Crippen molar-refractivity contribution >= 4 is 23.2 Å². The Labute approximate surface area is 96.0 Å². The number of aromatic nitrogens is 2. The Morgan fingerprint density at radius 3 is 2.80 bits per heavy atom. The molecule has 0 fully saturated rings. The molecule has 0 radical (unpaired) electrons. The maximum atomic E-state index is 5.98. The van der Waals surface area contributed by atoms with E-state index in [2.05, 4.69) is 14.7 Å². The molecule has 1 heterocycles. The molecule has 0 bridgehead atoms. The highest BCUT2D eigenvalue weighted by Gasteiger charge is 2.16. The van der Waals surface area contributed by atoms with Crippen LogP contribution in [0.4, 0.5) is 0 Å². The molecule has 0 saturated carbocycles. The molecule has 0 aliphatic carbocycles. The molecule has 0 aliphatic rings. The monoisotopic (exact) mass is 243 g/mol. The number of hydrogen-bond donors (Lipinski definition) is 1. The minimum Gasteiger partial charge on any atom is -0.343 e. The molecule has 15 heavy (non-hydrogen) atoms. The van der Waals surface area contributed by atoms with Crippen LogP contribution in [0.2, 0.25) is 10.0 Å². The molecule has 0 amide bonds. The van der Waals surface area contributed by atoms with E-state index >= 15 is 0 Å². The van der Waals surface area contributed by atoms with E-state index < -0.39 is 6.04 Å². The van der Waals surface area contributed by atoms with Crippen molar-refractivity contribution in [1.82, 2.24) is 10.1 Å². The third kappa shape index (κ3) is 2.12. The summed E-state index contributed by atoms with van der Waals surface area (Å²) in [5.41, 5.74) is 6.57. The van der Waals surface area contributed by atoms with Gasteiger partial charge in [0.15, 0.2) is 5.82 Å². The molecule has 1 aromatic carbocycles. The fourth-order valence-electron chi connectivity index (χ4n) is 1.21. The van der Waals surface area contributed by atoms with Crippen LogP contribution in [0.1, 0.15) is 17.4 Å². The van der Waals surface area contributed by atoms with Gasteiger partial charge >= 0.3 is 0 Å². The number of nitrogens with two attached hydrogens (primary N) is 1. The van der Waals surface area contributed by atoms with Gasteiger partial charge in [0.05, 0.1) is 6.04 Å². The third-order valence-electron chi connectivity index (χ3n) is 1.95. The lowest BCUT2D eigenvalue weighted by molar-refractivity contribution is 0.407. The molecular formula is C9H7Cl2N3O. The molecule has 1 unspecified atom stereocenters. The molecule has 78 valence electrons. The summed E-state index contributed by atoms with van der Waals surface area (Å²) in [5.74, 6) is 0.374. The molecule has 0 saturated heterocycles. The van der Waals surface area contributed by atoms with Gasteiger partial charge in [0.25, 0.3) is 0 Å². The third-order valence-corrected chi connectivity index (χ3v) is 2.53. The fraction of sp³-hybridized carbons (Fsp3) is 0.111. The maximum Gasteiger partial charge on any atom is 0.213 e. The first-order chi connectivity index (χ1) is 7.18. The Balaban J connectivity index is 2.41. The minimum absolute atomic E-state index is 0.374. The summed E-state index contributed by atoms with van der Waals surface area (Å²) >= 11 is 11.8. The smallest absolute Gasteiger partial charge is 0.213 e. The van der Waals surface area contributed by atoms with Crippen molar-refractivity contribution in [2.45, 2.75) is 6.04 Å². The van der Waals surface area contributed by atoms with Crippen LogP contribution in [0.25, 0.3) is 0 Å². The van der Waals surface area contributed by atoms with Gasteiger partial charge in [0.2, 0.25) is 6.39 Å². The highest BCUT2D eigenvalue weighted by molar-refractivity contribution is 6.33. The van der Waals surface area contributed by atoms with Crippen LogP contribution < -0.4 is 5.73 Å². The fourth-order valence-corrected chi connectivity index (χ4v) is 1.62. The van der Waals surface area contributed by atoms with Crippen LogP contribution in [0.3, 0.4) is 0 Å². The standard InChI is InChI=1S/C9H7Cl2N3O/c10-5-1-2-7(11)6(3-5)8(12)9-13-4-15-14-9/h1-4,8H,12H2. The Morgan fingerprint density at radius 2 is 2.13 bits per heavy atom. The van der Waals surface area contributed by atoms with Crippen LogP contribution >= 0.6 is 23.2 Å². The van der Waals surface area contributed by atoms with Gasteiger partial charge in [-0.15, -0.1) is 0 Å². The minimum atomic E-state index is -0.532. The normalized spacial score (nSPS) is 12.7. The molecule has 1 atom stereocenters. The van der Waals surface area contributed by atoms with Gasteiger partial charge in [0.1, 0.15) is 0 Å². The number of halogens is 2. The van der Waals surface area contributed by atoms with E-state index in [0.29, 0.717) is 21.4 Å². The molecule has 4 nitrogen and oxygen atoms in total. The van der Waals surface area contributed by atoms with Crippen LogP contribution in [-0.4, -0.2) is 10.1 Å². The Bertz CT molecular complexity index is 458. The van der Waals surface area contributed by atoms with E-state index in [1.165, 1.54) is 6.39 Å². The van der Waals surface area contributed by atoms with Crippen molar-refractivity contribution in [1.29, 1.82) is 0 Å². The van der Waals surface area contributed by atoms with Gasteiger partial charge in [-0.05, 0) is 23.8 Å². The Morgan fingerprint density at radius 1 is 1.33 bits per heavy atom. The van der Waals surface area contributed by atoms with Crippen molar-refractivity contribution in [3.63, 3.8) is 0 Å². The zero-order valence-corrected chi connectivity index (χ0v) is 9.03. The average molecular weight is 244 g/mol. The molecule has 2 aromatic rings. The largest absolute Gasteiger partial charge is 0.343 e. The lowest BCUT2D eigenvalue weighted by Gasteiger charge is -2.09. The number of nitrogens with zero attached hydrogens (tertiary/aromatic N) is 2. The summed E-state index contributed by atoms with van der Waals surface area (Å²) in [4.78, 5) is 3.86. The summed E-state index contributed by atoms with van der Waals surface area (Å²) in [5, 5.41) is 4.74. The van der Waals surface area contributed by atoms with Crippen molar-refractivity contribution in [2.24, 2.45) is 5.73 Å². The van der Waals surface area contributed by atoms with Gasteiger partial charge in [-0.3, -0.25) is 0 Å². The summed E-state index contributed by atoms with van der Waals surface area (Å²) in [6, 6.07) is 4.52. The van der Waals surface area contributed by atoms with Crippen molar-refractivity contribution in [2.75, 3.05) is 0 Å². The highest BCUT2D eigenvalue weighted by Crippen LogP contribution is 2.27. The number of benzene rings is 1. The second-order valence-electron chi connectivity index (χ2n) is 2.93. The topological polar surface area (TPSA) is 64.9 Å². The van der Waals surface area contributed by atoms with Gasteiger partial charge in [0, 0.05) is 10.0 Å². The van der Waals surface area contributed by atoms with Gasteiger partial charge in [-0.2, -0.15) is 4.98 Å². The molecular weight excluding hydrogens is 237 g/mol. The lowest BCUT2D eigenvalue weighted by atomic mass is 10.1. The number of hydrogen-bond acceptors (Lipinski definition) is 4. The van der Waals surface area contributed by atoms with E-state index in [1.807, 2.05) is 0 Å². The van der Waals surface area contributed by atoms with Crippen molar-refractivity contribution in [3.05, 3.63) is 46.0 Å². The quantitative estimate of drug-likeness (QED) is 0.880. The zero-order valence-electron chi connectivity index (χ0n) is 7.52. The van der Waals surface area contributed by atoms with E-state index in [9.17, 15) is 0 Å². The first kappa shape index (κ1) is 10.4. The summed E-state index contributed by atoms with van der Waals surface area (Å²) in [6.07, 6.45) is 1.22. The second-order valence-corrected chi connectivity index (χ2v) is 3.78. The molecule has 1 aromatic heterocycles. The van der Waals surface area contributed by atoms with Gasteiger partial charge < -0.3 is 10.3 Å². The molecule has 2 N–H and O–H groups in total. The average Bonchev–Trinajstić information content (AvgIpc) is 2.74. The predicted octanol–water partition coefficient (Wildman–Crippen LogP) is 2.42. The zero-order chi connectivity index (χ0) is 10.8. The van der Waals surface area contributed by atoms with E-state index in [4.69, 9.17) is 28.9 Å². The van der Waals surface area contributed by atoms with Gasteiger partial charge in [-0.25, -0.2) is 0 Å². The lowest BCUT2D eigenvalue weighted by Crippen LogP contribution is -2.14. The van der Waals surface area contributed by atoms with Gasteiger partial charge in [-0.1, -0.05) is 28.4 Å². The number of rotatable bonds is 2. The molecule has 6 heteroatoms. The maximum absolute atomic E-state index is 5.98. The Hall–Kier alpha value is -1.10. The highest BCUT2D eigenvalue weighted by atomic mass is 35.5. The summed E-state index contributed by atoms with van der Waals surface area (Å²) in [7, 11) is 0. The van der Waals surface area contributed by atoms with Crippen molar-refractivity contribution < 1.29 is 4.52 Å². The second kappa shape index (κ2) is 4.18. The molecule has 2 rings (SSSR count). The van der Waals surface area contributed by atoms with Crippen molar-refractivity contribution in [3.8, 4) is 0 Å². The Kier molecular flexibility index (Phi) is 2.90. The van der Waals surface area contributed by atoms with E-state index in [0.717, 1.165) is 0 Å². The van der Waals surface area contributed by atoms with E-state index in [-0.39, 0.29) is 0 Å². The SMILES string of the molecule is NC(c1ncon1)c1cc(Cl)ccc1Cl.